The Kier molecular flexibility index (Phi) is 12.0. The topological polar surface area (TPSA) is 207 Å². The molecule has 0 saturated carbocycles. The SMILES string of the molecule is CC[C@H](C)[C@H](N)C(=O)N[C@H](C(=O)N[C@@H](Cc1c[nH]c2ccccc12)C(=O)CNC(=O)c1c(O)ccc(O)c1-c1ccccc1O)[C@@H](C)CC. The number of Topliss-reactive ketones (excluding diaryl/α,β-unsaturated/α-hetero) is 1. The van der Waals surface area contributed by atoms with Crippen molar-refractivity contribution < 1.29 is 34.5 Å². The minimum Gasteiger partial charge on any atom is -0.507 e. The van der Waals surface area contributed by atoms with E-state index in [1.807, 2.05) is 52.0 Å². The quantitative estimate of drug-likeness (QED) is 0.0868. The molecule has 0 unspecified atom stereocenters. The van der Waals surface area contributed by atoms with Crippen molar-refractivity contribution in [3.63, 3.8) is 0 Å². The number of phenols is 3. The van der Waals surface area contributed by atoms with Gasteiger partial charge in [-0.2, -0.15) is 0 Å². The molecular formula is C37H45N5O7. The van der Waals surface area contributed by atoms with Gasteiger partial charge in [0.15, 0.2) is 5.78 Å². The third kappa shape index (κ3) is 8.39. The largest absolute Gasteiger partial charge is 0.507 e. The number of hydrogen-bond donors (Lipinski definition) is 8. The van der Waals surface area contributed by atoms with Gasteiger partial charge >= 0.3 is 0 Å². The average molecular weight is 672 g/mol. The Morgan fingerprint density at radius 1 is 0.796 bits per heavy atom. The van der Waals surface area contributed by atoms with E-state index in [0.29, 0.717) is 12.8 Å². The van der Waals surface area contributed by atoms with Gasteiger partial charge in [0, 0.05) is 34.6 Å². The van der Waals surface area contributed by atoms with Crippen LogP contribution in [0.2, 0.25) is 0 Å². The molecular weight excluding hydrogens is 626 g/mol. The highest BCUT2D eigenvalue weighted by Crippen LogP contribution is 2.41. The molecule has 1 aromatic heterocycles. The number of phenolic OH excluding ortho intramolecular Hbond substituents is 3. The molecule has 5 atom stereocenters. The highest BCUT2D eigenvalue weighted by atomic mass is 16.3. The summed E-state index contributed by atoms with van der Waals surface area (Å²) in [6.45, 7) is 6.93. The van der Waals surface area contributed by atoms with Crippen molar-refractivity contribution in [1.82, 2.24) is 20.9 Å². The first-order valence-electron chi connectivity index (χ1n) is 16.4. The number of carbonyl (C=O) groups is 4. The molecule has 0 spiro atoms. The molecule has 1 heterocycles. The van der Waals surface area contributed by atoms with Crippen LogP contribution in [0.1, 0.15) is 56.5 Å². The van der Waals surface area contributed by atoms with Crippen LogP contribution in [-0.4, -0.2) is 68.5 Å². The normalized spacial score (nSPS) is 14.3. The summed E-state index contributed by atoms with van der Waals surface area (Å²) in [5.41, 5.74) is 7.38. The van der Waals surface area contributed by atoms with Crippen molar-refractivity contribution in [3.05, 3.63) is 78.0 Å². The minimum atomic E-state index is -1.13. The number of hydrogen-bond acceptors (Lipinski definition) is 8. The summed E-state index contributed by atoms with van der Waals surface area (Å²) in [5.74, 6) is -3.97. The maximum atomic E-state index is 13.9. The van der Waals surface area contributed by atoms with Gasteiger partial charge in [-0.15, -0.1) is 0 Å². The minimum absolute atomic E-state index is 0.0680. The van der Waals surface area contributed by atoms with Crippen LogP contribution in [0, 0.1) is 11.8 Å². The zero-order valence-electron chi connectivity index (χ0n) is 28.1. The number of aromatic nitrogens is 1. The molecule has 0 radical (unpaired) electrons. The van der Waals surface area contributed by atoms with E-state index < -0.39 is 53.9 Å². The van der Waals surface area contributed by atoms with Crippen LogP contribution in [-0.2, 0) is 20.8 Å². The summed E-state index contributed by atoms with van der Waals surface area (Å²) in [7, 11) is 0. The highest BCUT2D eigenvalue weighted by molar-refractivity contribution is 6.07. The Hall–Kier alpha value is -5.36. The lowest BCUT2D eigenvalue weighted by atomic mass is 9.94. The zero-order chi connectivity index (χ0) is 35.8. The highest BCUT2D eigenvalue weighted by Gasteiger charge is 2.33. The first-order valence-corrected chi connectivity index (χ1v) is 16.4. The van der Waals surface area contributed by atoms with Crippen molar-refractivity contribution in [1.29, 1.82) is 0 Å². The summed E-state index contributed by atoms with van der Waals surface area (Å²) in [4.78, 5) is 57.4. The van der Waals surface area contributed by atoms with Crippen molar-refractivity contribution in [2.24, 2.45) is 17.6 Å². The van der Waals surface area contributed by atoms with Gasteiger partial charge in [-0.3, -0.25) is 19.2 Å². The first kappa shape index (κ1) is 36.5. The van der Waals surface area contributed by atoms with E-state index >= 15 is 0 Å². The maximum Gasteiger partial charge on any atom is 0.256 e. The molecule has 0 aliphatic rings. The van der Waals surface area contributed by atoms with E-state index in [1.165, 1.54) is 18.2 Å². The first-order chi connectivity index (χ1) is 23.4. The Labute approximate surface area is 285 Å². The molecule has 4 rings (SSSR count). The van der Waals surface area contributed by atoms with E-state index in [2.05, 4.69) is 20.9 Å². The Morgan fingerprint density at radius 2 is 1.45 bits per heavy atom. The number of nitrogens with two attached hydrogens (primary N) is 1. The number of nitrogens with one attached hydrogen (secondary N) is 4. The number of amides is 3. The number of benzene rings is 3. The molecule has 12 heteroatoms. The van der Waals surface area contributed by atoms with E-state index in [1.54, 1.807) is 18.3 Å². The average Bonchev–Trinajstić information content (AvgIpc) is 3.51. The molecule has 0 bridgehead atoms. The van der Waals surface area contributed by atoms with Crippen LogP contribution in [0.15, 0.2) is 66.9 Å². The molecule has 0 aliphatic carbocycles. The van der Waals surface area contributed by atoms with Crippen molar-refractivity contribution in [2.45, 2.75) is 65.1 Å². The Morgan fingerprint density at radius 3 is 2.14 bits per heavy atom. The number of fused-ring (bicyclic) bond motifs is 1. The number of rotatable bonds is 15. The lowest BCUT2D eigenvalue weighted by Crippen LogP contribution is -2.58. The summed E-state index contributed by atoms with van der Waals surface area (Å²) < 4.78 is 0. The molecule has 3 amide bonds. The molecule has 12 nitrogen and oxygen atoms in total. The Bertz CT molecular complexity index is 1820. The number of ketones is 1. The summed E-state index contributed by atoms with van der Waals surface area (Å²) >= 11 is 0. The molecule has 0 fully saturated rings. The monoisotopic (exact) mass is 671 g/mol. The summed E-state index contributed by atoms with van der Waals surface area (Å²) in [5, 5.41) is 40.7. The van der Waals surface area contributed by atoms with Crippen molar-refractivity contribution in [3.8, 4) is 28.4 Å². The third-order valence-electron chi connectivity index (χ3n) is 9.14. The Balaban J connectivity index is 1.61. The second-order valence-electron chi connectivity index (χ2n) is 12.4. The predicted molar refractivity (Wildman–Crippen MR) is 187 cm³/mol. The van der Waals surface area contributed by atoms with E-state index in [-0.39, 0.29) is 46.4 Å². The van der Waals surface area contributed by atoms with Crippen LogP contribution in [0.3, 0.4) is 0 Å². The van der Waals surface area contributed by atoms with E-state index in [0.717, 1.165) is 22.5 Å². The fourth-order valence-electron chi connectivity index (χ4n) is 5.64. The fourth-order valence-corrected chi connectivity index (χ4v) is 5.64. The molecule has 4 aromatic rings. The van der Waals surface area contributed by atoms with Gasteiger partial charge in [-0.25, -0.2) is 0 Å². The van der Waals surface area contributed by atoms with Gasteiger partial charge in [-0.1, -0.05) is 76.9 Å². The molecule has 3 aromatic carbocycles. The van der Waals surface area contributed by atoms with Gasteiger partial charge in [0.2, 0.25) is 11.8 Å². The zero-order valence-corrected chi connectivity index (χ0v) is 28.1. The molecule has 260 valence electrons. The third-order valence-corrected chi connectivity index (χ3v) is 9.14. The van der Waals surface area contributed by atoms with Crippen LogP contribution in [0.5, 0.6) is 17.2 Å². The van der Waals surface area contributed by atoms with Crippen LogP contribution < -0.4 is 21.7 Å². The fraction of sp³-hybridized carbons (Fsp3) is 0.351. The number of carbonyl (C=O) groups excluding carboxylic acids is 4. The molecule has 9 N–H and O–H groups in total. The van der Waals surface area contributed by atoms with E-state index in [4.69, 9.17) is 5.73 Å². The van der Waals surface area contributed by atoms with Crippen molar-refractivity contribution in [2.75, 3.05) is 6.54 Å². The van der Waals surface area contributed by atoms with Crippen LogP contribution in [0.25, 0.3) is 22.0 Å². The number of H-pyrrole nitrogens is 1. The van der Waals surface area contributed by atoms with Crippen molar-refractivity contribution >= 4 is 34.4 Å². The van der Waals surface area contributed by atoms with E-state index in [9.17, 15) is 34.5 Å². The summed E-state index contributed by atoms with van der Waals surface area (Å²) in [6, 6.07) is 12.9. The standard InChI is InChI=1S/C37H45N5O7/c1-5-20(3)33(38)36(48)42-34(21(4)6-2)37(49)41-26(17-22-18-39-25-13-9-7-11-23(22)25)30(46)19-40-35(47)32-29(45)16-15-28(44)31(32)24-12-8-10-14-27(24)43/h7-16,18,20-21,26,33-34,39,43-45H,5-6,17,19,38H2,1-4H3,(H,40,47)(H,41,49)(H,42,48)/t20-,21-,26-,33-,34-/m0/s1. The smallest absolute Gasteiger partial charge is 0.256 e. The predicted octanol–water partition coefficient (Wildman–Crippen LogP) is 3.88. The van der Waals surface area contributed by atoms with Crippen LogP contribution >= 0.6 is 0 Å². The summed E-state index contributed by atoms with van der Waals surface area (Å²) in [6.07, 6.45) is 3.05. The van der Waals surface area contributed by atoms with Gasteiger partial charge in [0.1, 0.15) is 23.3 Å². The molecule has 0 aliphatic heterocycles. The van der Waals surface area contributed by atoms with Gasteiger partial charge in [0.05, 0.1) is 24.2 Å². The number of aromatic hydroxyl groups is 3. The van der Waals surface area contributed by atoms with Gasteiger partial charge in [0.25, 0.3) is 5.91 Å². The second-order valence-corrected chi connectivity index (χ2v) is 12.4. The molecule has 49 heavy (non-hydrogen) atoms. The maximum absolute atomic E-state index is 13.9. The van der Waals surface area contributed by atoms with Crippen LogP contribution in [0.4, 0.5) is 0 Å². The number of aromatic amines is 1. The van der Waals surface area contributed by atoms with Gasteiger partial charge < -0.3 is 42.0 Å². The number of para-hydroxylation sites is 2. The second kappa shape index (κ2) is 16.2. The van der Waals surface area contributed by atoms with Gasteiger partial charge in [-0.05, 0) is 41.7 Å². The molecule has 0 saturated heterocycles. The lowest BCUT2D eigenvalue weighted by Gasteiger charge is -2.28. The lowest BCUT2D eigenvalue weighted by molar-refractivity contribution is -0.133.